The van der Waals surface area contributed by atoms with Crippen molar-refractivity contribution in [2.75, 3.05) is 0 Å². The summed E-state index contributed by atoms with van der Waals surface area (Å²) < 4.78 is 0. The third-order valence-electron chi connectivity index (χ3n) is 0. The van der Waals surface area contributed by atoms with Crippen molar-refractivity contribution in [3.8, 4) is 0 Å². The van der Waals surface area contributed by atoms with E-state index in [4.69, 9.17) is 0 Å². The average Bonchev–Trinajstić information content (AvgIpc) is 0.918. The zero-order valence-corrected chi connectivity index (χ0v) is 8.88. The fourth-order valence-corrected chi connectivity index (χ4v) is 0. The first-order valence-electron chi connectivity index (χ1n) is 0.986. The molecule has 0 heterocycles. The minimum absolute atomic E-state index is 0. The van der Waals surface area contributed by atoms with Gasteiger partial charge in [0.15, 0.2) is 0 Å². The van der Waals surface area contributed by atoms with Crippen LogP contribution in [0.1, 0.15) is 6.92 Å². The Labute approximate surface area is 90.4 Å². The molecule has 0 bridgehead atoms. The summed E-state index contributed by atoms with van der Waals surface area (Å²) in [6, 6.07) is 0. The predicted molar refractivity (Wildman–Crippen MR) is 15.9 cm³/mol. The van der Waals surface area contributed by atoms with E-state index >= 15 is 0 Å². The zero-order chi connectivity index (χ0) is 2.71. The molecular formula is C3H6Cl4Ti. The molecule has 8 heavy (non-hydrogen) atoms. The van der Waals surface area contributed by atoms with E-state index in [1.165, 1.54) is 0 Å². The third kappa shape index (κ3) is 128. The summed E-state index contributed by atoms with van der Waals surface area (Å²) in [7, 11) is 0. The van der Waals surface area contributed by atoms with Crippen LogP contribution in [0.25, 0.3) is 0 Å². The molecule has 0 unspecified atom stereocenters. The Morgan fingerprint density at radius 2 is 1.00 bits per heavy atom. The Morgan fingerprint density at radius 1 is 1.00 bits per heavy atom. The molecule has 5 heteroatoms. The second kappa shape index (κ2) is 73.1. The number of rotatable bonds is 0. The van der Waals surface area contributed by atoms with Crippen molar-refractivity contribution in [3.63, 3.8) is 0 Å². The Hall–Kier alpha value is 1.61. The van der Waals surface area contributed by atoms with Gasteiger partial charge in [0.2, 0.25) is 0 Å². The van der Waals surface area contributed by atoms with E-state index in [1.807, 2.05) is 6.92 Å². The molecule has 0 aliphatic carbocycles. The van der Waals surface area contributed by atoms with Crippen molar-refractivity contribution in [1.82, 2.24) is 0 Å². The van der Waals surface area contributed by atoms with Gasteiger partial charge < -0.3 is 49.6 Å². The molecule has 0 spiro atoms. The molecule has 0 N–H and O–H groups in total. The summed E-state index contributed by atoms with van der Waals surface area (Å²) in [4.78, 5) is 0. The summed E-state index contributed by atoms with van der Waals surface area (Å²) in [6.45, 7) is 5.25. The number of hydrogen-bond acceptors (Lipinski definition) is 0. The minimum atomic E-state index is 0. The second-order valence-electron chi connectivity index (χ2n) is 0.408. The van der Waals surface area contributed by atoms with Gasteiger partial charge in [0.25, 0.3) is 0 Å². The molecule has 0 rings (SSSR count). The molecule has 0 amide bonds. The maximum absolute atomic E-state index is 3.36. The Kier molecular flexibility index (Phi) is 499. The quantitative estimate of drug-likeness (QED) is 0.287. The number of hydrogen-bond donors (Lipinski definition) is 0. The van der Waals surface area contributed by atoms with Gasteiger partial charge in [0.05, 0.1) is 0 Å². The van der Waals surface area contributed by atoms with Crippen LogP contribution in [-0.4, -0.2) is 0 Å². The molecule has 0 aromatic carbocycles. The Bertz CT molecular complexity index is 18.8. The largest absolute Gasteiger partial charge is 4.00 e. The van der Waals surface area contributed by atoms with Crippen LogP contribution in [0.3, 0.4) is 0 Å². The van der Waals surface area contributed by atoms with E-state index in [-0.39, 0.29) is 71.3 Å². The van der Waals surface area contributed by atoms with Crippen LogP contribution < -0.4 is 49.6 Å². The first kappa shape index (κ1) is 54.6. The minimum Gasteiger partial charge on any atom is -1.00 e. The monoisotopic (exact) mass is 230 g/mol. The molecule has 0 aliphatic rings. The van der Waals surface area contributed by atoms with Gasteiger partial charge in [-0.15, -0.1) is 6.58 Å². The summed E-state index contributed by atoms with van der Waals surface area (Å²) in [6.07, 6.45) is 1.75. The van der Waals surface area contributed by atoms with Gasteiger partial charge in [-0.25, -0.2) is 0 Å². The van der Waals surface area contributed by atoms with Crippen molar-refractivity contribution in [2.45, 2.75) is 6.92 Å². The van der Waals surface area contributed by atoms with Gasteiger partial charge >= 0.3 is 21.7 Å². The molecule has 0 saturated heterocycles. The van der Waals surface area contributed by atoms with Gasteiger partial charge in [0, 0.05) is 0 Å². The summed E-state index contributed by atoms with van der Waals surface area (Å²) in [5, 5.41) is 0. The molecule has 0 radical (unpaired) electrons. The number of allylic oxidation sites excluding steroid dienone is 1. The van der Waals surface area contributed by atoms with Crippen LogP contribution in [0.15, 0.2) is 12.7 Å². The Balaban J connectivity index is -0.00000000200. The molecule has 0 atom stereocenters. The molecular weight excluding hydrogens is 226 g/mol. The fraction of sp³-hybridized carbons (Fsp3) is 0.333. The normalized spacial score (nSPS) is 1.62. The van der Waals surface area contributed by atoms with Crippen molar-refractivity contribution in [3.05, 3.63) is 12.7 Å². The summed E-state index contributed by atoms with van der Waals surface area (Å²) >= 11 is 0. The third-order valence-corrected chi connectivity index (χ3v) is 0. The summed E-state index contributed by atoms with van der Waals surface area (Å²) in [5.41, 5.74) is 0. The molecule has 0 nitrogen and oxygen atoms in total. The Morgan fingerprint density at radius 3 is 1.00 bits per heavy atom. The van der Waals surface area contributed by atoms with E-state index in [9.17, 15) is 0 Å². The maximum atomic E-state index is 3.36. The van der Waals surface area contributed by atoms with E-state index in [1.54, 1.807) is 6.08 Å². The molecule has 0 aromatic heterocycles. The first-order valence-corrected chi connectivity index (χ1v) is 0.986. The van der Waals surface area contributed by atoms with Crippen molar-refractivity contribution in [1.29, 1.82) is 0 Å². The van der Waals surface area contributed by atoms with Crippen molar-refractivity contribution < 1.29 is 71.3 Å². The molecule has 0 aromatic rings. The topological polar surface area (TPSA) is 0 Å². The average molecular weight is 232 g/mol. The van der Waals surface area contributed by atoms with Crippen LogP contribution in [0.4, 0.5) is 0 Å². The first-order chi connectivity index (χ1) is 1.41. The van der Waals surface area contributed by atoms with Gasteiger partial charge in [-0.2, -0.15) is 0 Å². The zero-order valence-electron chi connectivity index (χ0n) is 4.30. The van der Waals surface area contributed by atoms with Crippen LogP contribution in [0.2, 0.25) is 0 Å². The van der Waals surface area contributed by atoms with Gasteiger partial charge in [-0.1, -0.05) is 6.08 Å². The van der Waals surface area contributed by atoms with E-state index < -0.39 is 0 Å². The van der Waals surface area contributed by atoms with E-state index in [0.29, 0.717) is 0 Å². The maximum Gasteiger partial charge on any atom is 4.00 e. The molecule has 0 saturated carbocycles. The number of halogens is 4. The van der Waals surface area contributed by atoms with Gasteiger partial charge in [-0.3, -0.25) is 0 Å². The SMILES string of the molecule is C=CC.[Cl-].[Cl-].[Cl-].[Cl-].[Ti+4]. The fourth-order valence-electron chi connectivity index (χ4n) is 0. The molecule has 0 fully saturated rings. The van der Waals surface area contributed by atoms with Crippen LogP contribution in [0.5, 0.6) is 0 Å². The molecule has 0 aliphatic heterocycles. The molecule has 50 valence electrons. The van der Waals surface area contributed by atoms with Crippen LogP contribution in [0, 0.1) is 0 Å². The van der Waals surface area contributed by atoms with Gasteiger partial charge in [-0.05, 0) is 6.92 Å². The summed E-state index contributed by atoms with van der Waals surface area (Å²) in [5.74, 6) is 0. The van der Waals surface area contributed by atoms with Crippen LogP contribution >= 0.6 is 0 Å². The van der Waals surface area contributed by atoms with Crippen molar-refractivity contribution >= 4 is 0 Å². The van der Waals surface area contributed by atoms with Crippen molar-refractivity contribution in [2.24, 2.45) is 0 Å². The smallest absolute Gasteiger partial charge is 1.00 e. The standard InChI is InChI=1S/C3H6.4ClH.Ti/c1-3-2;;;;;/h3H,1H2,2H3;4*1H;/q;;;;;+4/p-4. The second-order valence-corrected chi connectivity index (χ2v) is 0.408. The predicted octanol–water partition coefficient (Wildman–Crippen LogP) is -10.8. The van der Waals surface area contributed by atoms with Crippen LogP contribution in [-0.2, 0) is 21.7 Å². The van der Waals surface area contributed by atoms with Gasteiger partial charge in [0.1, 0.15) is 0 Å². The van der Waals surface area contributed by atoms with E-state index in [2.05, 4.69) is 6.58 Å². The van der Waals surface area contributed by atoms with E-state index in [0.717, 1.165) is 0 Å².